The van der Waals surface area contributed by atoms with Gasteiger partial charge in [0.2, 0.25) is 0 Å². The number of sulfone groups is 1. The fourth-order valence-corrected chi connectivity index (χ4v) is 1.09. The summed E-state index contributed by atoms with van der Waals surface area (Å²) in [6.07, 6.45) is 1.26. The molecule has 0 aromatic carbocycles. The van der Waals surface area contributed by atoms with E-state index < -0.39 is 15.1 Å². The number of carbonyl (C=O) groups excluding carboxylic acids is 1. The Hall–Kier alpha value is -0.380. The first-order valence-electron chi connectivity index (χ1n) is 3.02. The van der Waals surface area contributed by atoms with Gasteiger partial charge in [0.1, 0.15) is 15.6 Å². The summed E-state index contributed by atoms with van der Waals surface area (Å²) in [5.74, 6) is -0.0853. The third kappa shape index (κ3) is 3.61. The molecule has 0 saturated heterocycles. The molecular formula is C6H12O3S. The molecule has 0 aromatic rings. The Bertz CT molecular complexity index is 215. The minimum atomic E-state index is -3.02. The number of Topliss-reactive ketones (excluding diaryl/α,β-unsaturated/α-hetero) is 1. The summed E-state index contributed by atoms with van der Waals surface area (Å²) in [5, 5.41) is -0.537. The van der Waals surface area contributed by atoms with E-state index in [2.05, 4.69) is 0 Å². The molecule has 0 aliphatic carbocycles. The monoisotopic (exact) mass is 164 g/mol. The predicted molar refractivity (Wildman–Crippen MR) is 39.6 cm³/mol. The molecule has 0 bridgehead atoms. The zero-order valence-corrected chi connectivity index (χ0v) is 7.23. The third-order valence-electron chi connectivity index (χ3n) is 1.31. The van der Waals surface area contributed by atoms with E-state index in [9.17, 15) is 13.2 Å². The molecule has 0 fully saturated rings. The highest BCUT2D eigenvalue weighted by atomic mass is 32.2. The molecule has 10 heavy (non-hydrogen) atoms. The van der Waals surface area contributed by atoms with Gasteiger partial charge in [-0.25, -0.2) is 8.42 Å². The largest absolute Gasteiger partial charge is 0.300 e. The third-order valence-corrected chi connectivity index (χ3v) is 2.93. The molecule has 0 amide bonds. The zero-order valence-electron chi connectivity index (χ0n) is 6.42. The van der Waals surface area contributed by atoms with Gasteiger partial charge in [-0.1, -0.05) is 0 Å². The fraction of sp³-hybridized carbons (Fsp3) is 0.833. The summed E-state index contributed by atoms with van der Waals surface area (Å²) in [4.78, 5) is 10.4. The Kier molecular flexibility index (Phi) is 3.02. The molecule has 0 aliphatic rings. The van der Waals surface area contributed by atoms with Crippen molar-refractivity contribution in [1.82, 2.24) is 0 Å². The molecule has 1 atom stereocenters. The highest BCUT2D eigenvalue weighted by Crippen LogP contribution is 2.02. The molecule has 1 unspecified atom stereocenters. The first kappa shape index (κ1) is 9.62. The molecule has 0 rings (SSSR count). The maximum Gasteiger partial charge on any atom is 0.150 e. The van der Waals surface area contributed by atoms with Crippen molar-refractivity contribution in [3.63, 3.8) is 0 Å². The van der Waals surface area contributed by atoms with E-state index in [1.54, 1.807) is 0 Å². The van der Waals surface area contributed by atoms with E-state index in [1.807, 2.05) is 0 Å². The number of hydrogen-bond donors (Lipinski definition) is 0. The van der Waals surface area contributed by atoms with Gasteiger partial charge in [0.15, 0.2) is 0 Å². The number of hydrogen-bond acceptors (Lipinski definition) is 3. The van der Waals surface area contributed by atoms with Crippen LogP contribution in [-0.2, 0) is 14.6 Å². The van der Waals surface area contributed by atoms with E-state index in [0.29, 0.717) is 0 Å². The Morgan fingerprint density at radius 3 is 2.00 bits per heavy atom. The summed E-state index contributed by atoms with van der Waals surface area (Å²) in [6, 6.07) is 0. The summed E-state index contributed by atoms with van der Waals surface area (Å²) in [5.41, 5.74) is 0. The minimum Gasteiger partial charge on any atom is -0.300 e. The second kappa shape index (κ2) is 3.14. The van der Waals surface area contributed by atoms with Crippen molar-refractivity contribution < 1.29 is 13.2 Å². The number of carbonyl (C=O) groups is 1. The van der Waals surface area contributed by atoms with E-state index >= 15 is 0 Å². The zero-order chi connectivity index (χ0) is 8.36. The first-order valence-corrected chi connectivity index (χ1v) is 4.98. The maximum atomic E-state index is 10.7. The SMILES string of the molecule is CC(=O)CC(C)S(C)(=O)=O. The second-order valence-corrected chi connectivity index (χ2v) is 5.01. The summed E-state index contributed by atoms with van der Waals surface area (Å²) in [6.45, 7) is 2.93. The van der Waals surface area contributed by atoms with Gasteiger partial charge in [0.05, 0.1) is 5.25 Å². The molecule has 0 heterocycles. The molecule has 3 nitrogen and oxygen atoms in total. The maximum absolute atomic E-state index is 10.7. The van der Waals surface area contributed by atoms with Crippen LogP contribution in [0.1, 0.15) is 20.3 Å². The van der Waals surface area contributed by atoms with Gasteiger partial charge in [-0.05, 0) is 13.8 Å². The van der Waals surface area contributed by atoms with Crippen LogP contribution in [0.5, 0.6) is 0 Å². The quantitative estimate of drug-likeness (QED) is 0.606. The molecule has 0 radical (unpaired) electrons. The normalized spacial score (nSPS) is 14.7. The Labute approximate surface area is 61.4 Å². The molecular weight excluding hydrogens is 152 g/mol. The van der Waals surface area contributed by atoms with Gasteiger partial charge >= 0.3 is 0 Å². The lowest BCUT2D eigenvalue weighted by atomic mass is 10.2. The van der Waals surface area contributed by atoms with Gasteiger partial charge in [-0.2, -0.15) is 0 Å². The van der Waals surface area contributed by atoms with Crippen LogP contribution in [0.4, 0.5) is 0 Å². The topological polar surface area (TPSA) is 51.2 Å². The minimum absolute atomic E-state index is 0.0853. The van der Waals surface area contributed by atoms with Crippen LogP contribution in [0.3, 0.4) is 0 Å². The lowest BCUT2D eigenvalue weighted by Crippen LogP contribution is -2.18. The second-order valence-electron chi connectivity index (χ2n) is 2.55. The molecule has 60 valence electrons. The Morgan fingerprint density at radius 1 is 1.50 bits per heavy atom. The highest BCUT2D eigenvalue weighted by Gasteiger charge is 2.15. The van der Waals surface area contributed by atoms with Gasteiger partial charge < -0.3 is 0 Å². The van der Waals surface area contributed by atoms with Crippen LogP contribution in [0, 0.1) is 0 Å². The average molecular weight is 164 g/mol. The van der Waals surface area contributed by atoms with Crippen molar-refractivity contribution in [1.29, 1.82) is 0 Å². The molecule has 0 N–H and O–H groups in total. The van der Waals surface area contributed by atoms with Crippen LogP contribution < -0.4 is 0 Å². The number of rotatable bonds is 3. The number of ketones is 1. The van der Waals surface area contributed by atoms with Crippen molar-refractivity contribution in [2.24, 2.45) is 0 Å². The van der Waals surface area contributed by atoms with Gasteiger partial charge in [-0.3, -0.25) is 4.79 Å². The average Bonchev–Trinajstić information content (AvgIpc) is 1.60. The molecule has 0 spiro atoms. The van der Waals surface area contributed by atoms with E-state index in [4.69, 9.17) is 0 Å². The van der Waals surface area contributed by atoms with Crippen molar-refractivity contribution in [2.75, 3.05) is 6.26 Å². The van der Waals surface area contributed by atoms with Gasteiger partial charge in [0.25, 0.3) is 0 Å². The Morgan fingerprint density at radius 2 is 1.90 bits per heavy atom. The Balaban J connectivity index is 4.12. The molecule has 0 saturated carbocycles. The predicted octanol–water partition coefficient (Wildman–Crippen LogP) is 0.399. The summed E-state index contributed by atoms with van der Waals surface area (Å²) < 4.78 is 21.4. The van der Waals surface area contributed by atoms with Gasteiger partial charge in [0, 0.05) is 12.7 Å². The molecule has 0 aromatic heterocycles. The van der Waals surface area contributed by atoms with E-state index in [1.165, 1.54) is 13.8 Å². The van der Waals surface area contributed by atoms with Gasteiger partial charge in [-0.15, -0.1) is 0 Å². The molecule has 4 heteroatoms. The van der Waals surface area contributed by atoms with Crippen LogP contribution >= 0.6 is 0 Å². The fourth-order valence-electron chi connectivity index (χ4n) is 0.556. The van der Waals surface area contributed by atoms with Crippen LogP contribution in [0.25, 0.3) is 0 Å². The highest BCUT2D eigenvalue weighted by molar-refractivity contribution is 7.91. The van der Waals surface area contributed by atoms with E-state index in [0.717, 1.165) is 6.26 Å². The lowest BCUT2D eigenvalue weighted by molar-refractivity contribution is -0.116. The van der Waals surface area contributed by atoms with Crippen LogP contribution in [-0.4, -0.2) is 25.7 Å². The molecule has 0 aliphatic heterocycles. The standard InChI is InChI=1S/C6H12O3S/c1-5(7)4-6(2)10(3,8)9/h6H,4H2,1-3H3. The van der Waals surface area contributed by atoms with Crippen LogP contribution in [0.15, 0.2) is 0 Å². The van der Waals surface area contributed by atoms with Crippen molar-refractivity contribution >= 4 is 15.6 Å². The smallest absolute Gasteiger partial charge is 0.150 e. The first-order chi connectivity index (χ1) is 4.34. The van der Waals surface area contributed by atoms with E-state index in [-0.39, 0.29) is 12.2 Å². The van der Waals surface area contributed by atoms with Crippen molar-refractivity contribution in [3.05, 3.63) is 0 Å². The van der Waals surface area contributed by atoms with Crippen molar-refractivity contribution in [2.45, 2.75) is 25.5 Å². The summed E-state index contributed by atoms with van der Waals surface area (Å²) in [7, 11) is -3.02. The van der Waals surface area contributed by atoms with Crippen molar-refractivity contribution in [3.8, 4) is 0 Å². The lowest BCUT2D eigenvalue weighted by Gasteiger charge is -2.04. The summed E-state index contributed by atoms with van der Waals surface area (Å²) >= 11 is 0. The van der Waals surface area contributed by atoms with Crippen LogP contribution in [0.2, 0.25) is 0 Å².